The molecule has 1 aromatic carbocycles. The molecule has 1 aromatic rings. The van der Waals surface area contributed by atoms with E-state index in [-0.39, 0.29) is 0 Å². The van der Waals surface area contributed by atoms with Crippen LogP contribution in [0.15, 0.2) is 17.7 Å². The van der Waals surface area contributed by atoms with E-state index in [0.29, 0.717) is 11.8 Å². The maximum absolute atomic E-state index is 5.43. The lowest BCUT2D eigenvalue weighted by Crippen LogP contribution is -2.24. The summed E-state index contributed by atoms with van der Waals surface area (Å²) in [5.41, 5.74) is 2.14. The molecule has 0 bridgehead atoms. The van der Waals surface area contributed by atoms with Crippen LogP contribution in [0, 0.1) is 0 Å². The predicted octanol–water partition coefficient (Wildman–Crippen LogP) is 3.11. The zero-order valence-corrected chi connectivity index (χ0v) is 13.2. The van der Waals surface area contributed by atoms with Gasteiger partial charge in [0.15, 0.2) is 0 Å². The average molecular weight is 279 g/mol. The monoisotopic (exact) mass is 279 g/mol. The van der Waals surface area contributed by atoms with Crippen molar-refractivity contribution in [2.24, 2.45) is 0 Å². The first-order valence-corrected chi connectivity index (χ1v) is 6.72. The van der Waals surface area contributed by atoms with Gasteiger partial charge in [-0.1, -0.05) is 19.4 Å². The third-order valence-electron chi connectivity index (χ3n) is 2.93. The largest absolute Gasteiger partial charge is 0.496 e. The Kier molecular flexibility index (Phi) is 6.39. The van der Waals surface area contributed by atoms with Crippen molar-refractivity contribution >= 4 is 6.08 Å². The molecule has 0 aromatic heterocycles. The number of ether oxygens (including phenoxy) is 3. The second kappa shape index (κ2) is 7.80. The zero-order chi connectivity index (χ0) is 15.1. The van der Waals surface area contributed by atoms with Crippen molar-refractivity contribution < 1.29 is 14.2 Å². The molecule has 0 atom stereocenters. The molecule has 20 heavy (non-hydrogen) atoms. The molecule has 0 aliphatic rings. The molecule has 1 rings (SSSR count). The molecule has 0 saturated carbocycles. The summed E-state index contributed by atoms with van der Waals surface area (Å²) in [6.07, 6.45) is 2.08. The highest BCUT2D eigenvalue weighted by Crippen LogP contribution is 2.35. The minimum absolute atomic E-state index is 0.456. The van der Waals surface area contributed by atoms with Gasteiger partial charge in [0.1, 0.15) is 17.2 Å². The number of benzene rings is 1. The van der Waals surface area contributed by atoms with Gasteiger partial charge in [0.05, 0.1) is 26.9 Å². The zero-order valence-electron chi connectivity index (χ0n) is 13.2. The van der Waals surface area contributed by atoms with E-state index in [1.807, 2.05) is 12.1 Å². The molecule has 0 saturated heterocycles. The number of hydrogen-bond donors (Lipinski definition) is 1. The fourth-order valence-electron chi connectivity index (χ4n) is 1.84. The maximum atomic E-state index is 5.43. The Morgan fingerprint density at radius 3 is 2.05 bits per heavy atom. The Labute approximate surface area is 121 Å². The van der Waals surface area contributed by atoms with Crippen LogP contribution >= 0.6 is 0 Å². The van der Waals surface area contributed by atoms with E-state index in [0.717, 1.165) is 23.6 Å². The first kappa shape index (κ1) is 16.4. The molecule has 0 fully saturated rings. The van der Waals surface area contributed by atoms with E-state index >= 15 is 0 Å². The summed E-state index contributed by atoms with van der Waals surface area (Å²) in [7, 11) is 4.92. The molecule has 0 unspecified atom stereocenters. The SMILES string of the molecule is COc1cc(OC)c(C=C(C)CNC(C)C)c(OC)c1. The number of methoxy groups -OCH3 is 3. The van der Waals surface area contributed by atoms with Gasteiger partial charge in [-0.3, -0.25) is 0 Å². The topological polar surface area (TPSA) is 39.7 Å². The highest BCUT2D eigenvalue weighted by Gasteiger charge is 2.11. The predicted molar refractivity (Wildman–Crippen MR) is 82.9 cm³/mol. The maximum Gasteiger partial charge on any atom is 0.133 e. The molecule has 0 heterocycles. The quantitative estimate of drug-likeness (QED) is 0.832. The van der Waals surface area contributed by atoms with Gasteiger partial charge >= 0.3 is 0 Å². The summed E-state index contributed by atoms with van der Waals surface area (Å²) in [6, 6.07) is 4.17. The summed E-state index contributed by atoms with van der Waals surface area (Å²) in [6.45, 7) is 7.16. The van der Waals surface area contributed by atoms with Crippen LogP contribution in [0.3, 0.4) is 0 Å². The highest BCUT2D eigenvalue weighted by molar-refractivity contribution is 5.68. The first-order valence-electron chi connectivity index (χ1n) is 6.72. The molecule has 0 aliphatic heterocycles. The summed E-state index contributed by atoms with van der Waals surface area (Å²) in [5, 5.41) is 3.39. The van der Waals surface area contributed by atoms with Crippen molar-refractivity contribution in [3.63, 3.8) is 0 Å². The molecule has 112 valence electrons. The van der Waals surface area contributed by atoms with Crippen LogP contribution < -0.4 is 19.5 Å². The Hall–Kier alpha value is -1.68. The average Bonchev–Trinajstić information content (AvgIpc) is 2.45. The normalized spacial score (nSPS) is 11.7. The summed E-state index contributed by atoms with van der Waals surface area (Å²) < 4.78 is 16.1. The Balaban J connectivity index is 3.11. The lowest BCUT2D eigenvalue weighted by molar-refractivity contribution is 0.374. The fourth-order valence-corrected chi connectivity index (χ4v) is 1.84. The standard InChI is InChI=1S/C16H25NO3/c1-11(2)17-10-12(3)7-14-15(19-5)8-13(18-4)9-16(14)20-6/h7-9,11,17H,10H2,1-6H3. The van der Waals surface area contributed by atoms with Gasteiger partial charge in [0, 0.05) is 24.7 Å². The van der Waals surface area contributed by atoms with Crippen LogP contribution in [0.2, 0.25) is 0 Å². The van der Waals surface area contributed by atoms with Crippen molar-refractivity contribution in [2.45, 2.75) is 26.8 Å². The van der Waals surface area contributed by atoms with Crippen LogP contribution in [0.4, 0.5) is 0 Å². The molecular formula is C16H25NO3. The van der Waals surface area contributed by atoms with E-state index in [2.05, 4.69) is 32.2 Å². The van der Waals surface area contributed by atoms with Gasteiger partial charge in [0.2, 0.25) is 0 Å². The summed E-state index contributed by atoms with van der Waals surface area (Å²) in [4.78, 5) is 0. The molecule has 0 amide bonds. The van der Waals surface area contributed by atoms with Gasteiger partial charge in [-0.2, -0.15) is 0 Å². The number of rotatable bonds is 7. The molecule has 0 aliphatic carbocycles. The van der Waals surface area contributed by atoms with Crippen molar-refractivity contribution in [1.82, 2.24) is 5.32 Å². The molecule has 4 heteroatoms. The molecule has 0 radical (unpaired) electrons. The minimum Gasteiger partial charge on any atom is -0.496 e. The highest BCUT2D eigenvalue weighted by atomic mass is 16.5. The minimum atomic E-state index is 0.456. The van der Waals surface area contributed by atoms with E-state index in [1.54, 1.807) is 21.3 Å². The van der Waals surface area contributed by atoms with E-state index in [1.165, 1.54) is 5.57 Å². The van der Waals surface area contributed by atoms with Crippen LogP contribution in [0.1, 0.15) is 26.3 Å². The van der Waals surface area contributed by atoms with Crippen LogP contribution in [0.5, 0.6) is 17.2 Å². The van der Waals surface area contributed by atoms with Crippen LogP contribution in [-0.2, 0) is 0 Å². The van der Waals surface area contributed by atoms with E-state index in [4.69, 9.17) is 14.2 Å². The second-order valence-electron chi connectivity index (χ2n) is 4.97. The number of nitrogens with one attached hydrogen (secondary N) is 1. The van der Waals surface area contributed by atoms with Crippen molar-refractivity contribution in [2.75, 3.05) is 27.9 Å². The van der Waals surface area contributed by atoms with Gasteiger partial charge in [-0.25, -0.2) is 0 Å². The molecule has 1 N–H and O–H groups in total. The second-order valence-corrected chi connectivity index (χ2v) is 4.97. The van der Waals surface area contributed by atoms with E-state index in [9.17, 15) is 0 Å². The number of hydrogen-bond acceptors (Lipinski definition) is 4. The van der Waals surface area contributed by atoms with Crippen molar-refractivity contribution in [1.29, 1.82) is 0 Å². The molecular weight excluding hydrogens is 254 g/mol. The Morgan fingerprint density at radius 2 is 1.65 bits per heavy atom. The first-order chi connectivity index (χ1) is 9.51. The van der Waals surface area contributed by atoms with Crippen LogP contribution in [0.25, 0.3) is 6.08 Å². The molecule has 4 nitrogen and oxygen atoms in total. The van der Waals surface area contributed by atoms with Gasteiger partial charge in [-0.05, 0) is 13.0 Å². The van der Waals surface area contributed by atoms with Gasteiger partial charge < -0.3 is 19.5 Å². The third-order valence-corrected chi connectivity index (χ3v) is 2.93. The van der Waals surface area contributed by atoms with Crippen LogP contribution in [-0.4, -0.2) is 33.9 Å². The lowest BCUT2D eigenvalue weighted by Gasteiger charge is -2.14. The third kappa shape index (κ3) is 4.46. The molecule has 0 spiro atoms. The van der Waals surface area contributed by atoms with Gasteiger partial charge in [-0.15, -0.1) is 0 Å². The Morgan fingerprint density at radius 1 is 1.10 bits per heavy atom. The van der Waals surface area contributed by atoms with Crippen molar-refractivity contribution in [3.8, 4) is 17.2 Å². The van der Waals surface area contributed by atoms with Crippen molar-refractivity contribution in [3.05, 3.63) is 23.3 Å². The Bertz CT molecular complexity index is 442. The van der Waals surface area contributed by atoms with E-state index < -0.39 is 0 Å². The fraction of sp³-hybridized carbons (Fsp3) is 0.500. The van der Waals surface area contributed by atoms with Gasteiger partial charge in [0.25, 0.3) is 0 Å². The summed E-state index contributed by atoms with van der Waals surface area (Å²) >= 11 is 0. The lowest BCUT2D eigenvalue weighted by atomic mass is 10.1. The smallest absolute Gasteiger partial charge is 0.133 e. The summed E-state index contributed by atoms with van der Waals surface area (Å²) in [5.74, 6) is 2.20.